The van der Waals surface area contributed by atoms with Gasteiger partial charge in [-0.3, -0.25) is 4.79 Å². The van der Waals surface area contributed by atoms with E-state index in [-0.39, 0.29) is 12.0 Å². The van der Waals surface area contributed by atoms with Crippen LogP contribution in [0.2, 0.25) is 5.02 Å². The summed E-state index contributed by atoms with van der Waals surface area (Å²) in [6.45, 7) is 4.22. The molecule has 0 radical (unpaired) electrons. The number of hydrogen-bond donors (Lipinski definition) is 1. The van der Waals surface area contributed by atoms with Gasteiger partial charge in [-0.15, -0.1) is 0 Å². The highest BCUT2D eigenvalue weighted by Gasteiger charge is 2.27. The number of anilines is 1. The van der Waals surface area contributed by atoms with E-state index < -0.39 is 0 Å². The highest BCUT2D eigenvalue weighted by atomic mass is 35.5. The number of carbonyl (C=O) groups excluding carboxylic acids is 1. The van der Waals surface area contributed by atoms with Crippen molar-refractivity contribution in [1.82, 2.24) is 9.88 Å². The summed E-state index contributed by atoms with van der Waals surface area (Å²) in [4.78, 5) is 18.3. The molecule has 1 unspecified atom stereocenters. The average Bonchev–Trinajstić information content (AvgIpc) is 2.94. The number of pyridine rings is 1. The second-order valence-electron chi connectivity index (χ2n) is 4.88. The topological polar surface area (TPSA) is 54.5 Å². The third-order valence-corrected chi connectivity index (χ3v) is 3.68. The van der Waals surface area contributed by atoms with Crippen LogP contribution in [0, 0.1) is 0 Å². The van der Waals surface area contributed by atoms with Crippen molar-refractivity contribution < 1.29 is 9.53 Å². The zero-order valence-corrected chi connectivity index (χ0v) is 12.6. The fourth-order valence-electron chi connectivity index (χ4n) is 2.22. The minimum absolute atomic E-state index is 0.0407. The molecule has 0 bridgehead atoms. The highest BCUT2D eigenvalue weighted by molar-refractivity contribution is 6.33. The molecule has 2 heterocycles. The van der Waals surface area contributed by atoms with Gasteiger partial charge in [-0.25, -0.2) is 4.98 Å². The standard InChI is InChI=1S/C14H20ClN3O2/c1-3-5-16-13-12(15)7-10(8-17-13)14(19)18-6-4-11(9-18)20-2/h7-8,11H,3-6,9H2,1-2H3,(H,16,17). The van der Waals surface area contributed by atoms with Crippen molar-refractivity contribution in [2.24, 2.45) is 0 Å². The number of likely N-dealkylation sites (tertiary alicyclic amines) is 1. The molecular weight excluding hydrogens is 278 g/mol. The van der Waals surface area contributed by atoms with Crippen LogP contribution in [-0.4, -0.2) is 48.6 Å². The van der Waals surface area contributed by atoms with Crippen LogP contribution in [0.15, 0.2) is 12.3 Å². The Morgan fingerprint density at radius 1 is 1.65 bits per heavy atom. The Morgan fingerprint density at radius 3 is 3.05 bits per heavy atom. The number of amides is 1. The molecule has 2 rings (SSSR count). The van der Waals surface area contributed by atoms with Crippen LogP contribution >= 0.6 is 11.6 Å². The van der Waals surface area contributed by atoms with E-state index in [0.29, 0.717) is 29.5 Å². The largest absolute Gasteiger partial charge is 0.380 e. The molecule has 6 heteroatoms. The van der Waals surface area contributed by atoms with Crippen LogP contribution in [0.5, 0.6) is 0 Å². The van der Waals surface area contributed by atoms with E-state index in [0.717, 1.165) is 19.4 Å². The Kier molecular flexibility index (Phi) is 5.20. The zero-order chi connectivity index (χ0) is 14.5. The second kappa shape index (κ2) is 6.90. The Bertz CT molecular complexity index is 481. The van der Waals surface area contributed by atoms with E-state index in [1.165, 1.54) is 0 Å². The lowest BCUT2D eigenvalue weighted by atomic mass is 10.2. The summed E-state index contributed by atoms with van der Waals surface area (Å²) in [5.41, 5.74) is 0.522. The Morgan fingerprint density at radius 2 is 2.45 bits per heavy atom. The molecule has 110 valence electrons. The number of hydrogen-bond acceptors (Lipinski definition) is 4. The number of carbonyl (C=O) groups is 1. The molecule has 1 aromatic rings. The van der Waals surface area contributed by atoms with Crippen molar-refractivity contribution in [1.29, 1.82) is 0 Å². The van der Waals surface area contributed by atoms with Crippen molar-refractivity contribution >= 4 is 23.3 Å². The van der Waals surface area contributed by atoms with E-state index in [2.05, 4.69) is 17.2 Å². The van der Waals surface area contributed by atoms with E-state index in [1.54, 1.807) is 24.3 Å². The van der Waals surface area contributed by atoms with Gasteiger partial charge in [0, 0.05) is 32.9 Å². The van der Waals surface area contributed by atoms with Crippen LogP contribution in [0.25, 0.3) is 0 Å². The second-order valence-corrected chi connectivity index (χ2v) is 5.29. The van der Waals surface area contributed by atoms with Crippen LogP contribution < -0.4 is 5.32 Å². The summed E-state index contributed by atoms with van der Waals surface area (Å²) in [7, 11) is 1.67. The summed E-state index contributed by atoms with van der Waals surface area (Å²) in [6, 6.07) is 1.68. The molecule has 1 N–H and O–H groups in total. The molecule has 1 saturated heterocycles. The normalized spacial score (nSPS) is 18.4. The Labute approximate surface area is 124 Å². The predicted octanol–water partition coefficient (Wildman–Crippen LogP) is 2.42. The minimum atomic E-state index is -0.0407. The molecule has 1 aromatic heterocycles. The van der Waals surface area contributed by atoms with Gasteiger partial charge < -0.3 is 15.0 Å². The third kappa shape index (κ3) is 3.41. The molecule has 0 saturated carbocycles. The highest BCUT2D eigenvalue weighted by Crippen LogP contribution is 2.22. The van der Waals surface area contributed by atoms with E-state index in [4.69, 9.17) is 16.3 Å². The number of aromatic nitrogens is 1. The monoisotopic (exact) mass is 297 g/mol. The van der Waals surface area contributed by atoms with Gasteiger partial charge in [-0.2, -0.15) is 0 Å². The van der Waals surface area contributed by atoms with Crippen molar-refractivity contribution in [3.05, 3.63) is 22.8 Å². The molecule has 1 aliphatic heterocycles. The molecule has 0 aromatic carbocycles. The van der Waals surface area contributed by atoms with Crippen molar-refractivity contribution in [2.45, 2.75) is 25.9 Å². The lowest BCUT2D eigenvalue weighted by Gasteiger charge is -2.16. The average molecular weight is 298 g/mol. The van der Waals surface area contributed by atoms with Crippen molar-refractivity contribution in [2.75, 3.05) is 32.1 Å². The maximum atomic E-state index is 12.3. The van der Waals surface area contributed by atoms with Crippen molar-refractivity contribution in [3.63, 3.8) is 0 Å². The summed E-state index contributed by atoms with van der Waals surface area (Å²) in [5.74, 6) is 0.585. The van der Waals surface area contributed by atoms with Gasteiger partial charge in [-0.05, 0) is 18.9 Å². The maximum Gasteiger partial charge on any atom is 0.255 e. The number of nitrogens with one attached hydrogen (secondary N) is 1. The van der Waals surface area contributed by atoms with Gasteiger partial charge in [0.1, 0.15) is 5.82 Å². The molecular formula is C14H20ClN3O2. The number of halogens is 1. The van der Waals surface area contributed by atoms with Gasteiger partial charge in [0.25, 0.3) is 5.91 Å². The summed E-state index contributed by atoms with van der Waals surface area (Å²) >= 11 is 6.15. The first kappa shape index (κ1) is 15.1. The van der Waals surface area contributed by atoms with Crippen LogP contribution in [0.4, 0.5) is 5.82 Å². The van der Waals surface area contributed by atoms with Crippen LogP contribution in [-0.2, 0) is 4.74 Å². The first-order valence-electron chi connectivity index (χ1n) is 6.87. The Balaban J connectivity index is 2.05. The van der Waals surface area contributed by atoms with Gasteiger partial charge in [0.2, 0.25) is 0 Å². The third-order valence-electron chi connectivity index (χ3n) is 3.40. The molecule has 1 fully saturated rings. The molecule has 0 aliphatic carbocycles. The minimum Gasteiger partial charge on any atom is -0.380 e. The first-order valence-corrected chi connectivity index (χ1v) is 7.25. The fraction of sp³-hybridized carbons (Fsp3) is 0.571. The van der Waals surface area contributed by atoms with E-state index >= 15 is 0 Å². The van der Waals surface area contributed by atoms with Gasteiger partial charge in [0.05, 0.1) is 16.7 Å². The van der Waals surface area contributed by atoms with Gasteiger partial charge in [-0.1, -0.05) is 18.5 Å². The fourth-order valence-corrected chi connectivity index (χ4v) is 2.45. The first-order chi connectivity index (χ1) is 9.65. The predicted molar refractivity (Wildman–Crippen MR) is 79.3 cm³/mol. The molecule has 5 nitrogen and oxygen atoms in total. The molecule has 20 heavy (non-hydrogen) atoms. The molecule has 0 spiro atoms. The van der Waals surface area contributed by atoms with Crippen molar-refractivity contribution in [3.8, 4) is 0 Å². The summed E-state index contributed by atoms with van der Waals surface area (Å²) in [6.07, 6.45) is 3.57. The van der Waals surface area contributed by atoms with E-state index in [9.17, 15) is 4.79 Å². The number of ether oxygens (including phenoxy) is 1. The molecule has 1 atom stereocenters. The van der Waals surface area contributed by atoms with Gasteiger partial charge in [0.15, 0.2) is 0 Å². The quantitative estimate of drug-likeness (QED) is 0.907. The van der Waals surface area contributed by atoms with E-state index in [1.807, 2.05) is 0 Å². The Hall–Kier alpha value is -1.33. The number of rotatable bonds is 5. The smallest absolute Gasteiger partial charge is 0.255 e. The molecule has 1 amide bonds. The van der Waals surface area contributed by atoms with Gasteiger partial charge >= 0.3 is 0 Å². The van der Waals surface area contributed by atoms with Crippen LogP contribution in [0.3, 0.4) is 0 Å². The lowest BCUT2D eigenvalue weighted by Crippen LogP contribution is -2.30. The number of nitrogens with zero attached hydrogens (tertiary/aromatic N) is 2. The van der Waals surface area contributed by atoms with Crippen LogP contribution in [0.1, 0.15) is 30.1 Å². The summed E-state index contributed by atoms with van der Waals surface area (Å²) < 4.78 is 5.27. The number of methoxy groups -OCH3 is 1. The molecule has 1 aliphatic rings. The summed E-state index contributed by atoms with van der Waals surface area (Å²) in [5, 5.41) is 3.61. The zero-order valence-electron chi connectivity index (χ0n) is 11.9. The lowest BCUT2D eigenvalue weighted by molar-refractivity contribution is 0.0724. The SMILES string of the molecule is CCCNc1ncc(C(=O)N2CCC(OC)C2)cc1Cl. The maximum absolute atomic E-state index is 12.3.